The van der Waals surface area contributed by atoms with Crippen LogP contribution in [-0.4, -0.2) is 42.4 Å². The van der Waals surface area contributed by atoms with Gasteiger partial charge in [0.05, 0.1) is 13.2 Å². The first-order valence-corrected chi connectivity index (χ1v) is 11.0. The fraction of sp³-hybridized carbons (Fsp3) is 0.750. The summed E-state index contributed by atoms with van der Waals surface area (Å²) in [6, 6.07) is 7.09. The van der Waals surface area contributed by atoms with Crippen molar-refractivity contribution in [2.24, 2.45) is 17.8 Å². The number of likely N-dealkylation sites (tertiary alicyclic amines) is 1. The highest BCUT2D eigenvalue weighted by atomic mass is 16.5. The molecule has 5 unspecified atom stereocenters. The van der Waals surface area contributed by atoms with Gasteiger partial charge in [0.2, 0.25) is 0 Å². The maximum atomic E-state index is 11.0. The van der Waals surface area contributed by atoms with Crippen LogP contribution in [-0.2, 0) is 5.41 Å². The van der Waals surface area contributed by atoms with Crippen molar-refractivity contribution in [3.05, 3.63) is 29.3 Å². The number of ether oxygens (including phenoxy) is 1. The number of piperidine rings is 1. The molecule has 4 rings (SSSR count). The summed E-state index contributed by atoms with van der Waals surface area (Å²) in [5.41, 5.74) is 2.82. The summed E-state index contributed by atoms with van der Waals surface area (Å²) in [5.74, 6) is 3.08. The van der Waals surface area contributed by atoms with Crippen molar-refractivity contribution in [3.63, 3.8) is 0 Å². The van der Waals surface area contributed by atoms with Crippen molar-refractivity contribution in [1.29, 1.82) is 0 Å². The van der Waals surface area contributed by atoms with E-state index in [9.17, 15) is 5.11 Å². The Kier molecular flexibility index (Phi) is 5.28. The minimum Gasteiger partial charge on any atom is -0.497 e. The second-order valence-corrected chi connectivity index (χ2v) is 9.85. The number of nitrogens with zero attached hydrogens (tertiary/aromatic N) is 1. The Morgan fingerprint density at radius 2 is 2.04 bits per heavy atom. The Morgan fingerprint density at radius 3 is 2.63 bits per heavy atom. The Morgan fingerprint density at radius 1 is 1.30 bits per heavy atom. The summed E-state index contributed by atoms with van der Waals surface area (Å²) in [5, 5.41) is 11.0. The van der Waals surface area contributed by atoms with Crippen LogP contribution in [0.2, 0.25) is 0 Å². The lowest BCUT2D eigenvalue weighted by Crippen LogP contribution is -2.50. The zero-order valence-electron chi connectivity index (χ0n) is 17.6. The van der Waals surface area contributed by atoms with Crippen molar-refractivity contribution in [2.75, 3.05) is 20.2 Å². The van der Waals surface area contributed by atoms with Crippen LogP contribution in [0, 0.1) is 24.7 Å². The molecule has 0 aromatic heterocycles. The van der Waals surface area contributed by atoms with E-state index in [2.05, 4.69) is 43.9 Å². The van der Waals surface area contributed by atoms with Crippen LogP contribution in [0.25, 0.3) is 0 Å². The first-order chi connectivity index (χ1) is 12.9. The molecule has 3 aliphatic rings. The van der Waals surface area contributed by atoms with E-state index in [0.717, 1.165) is 37.5 Å². The number of methoxy groups -OCH3 is 1. The summed E-state index contributed by atoms with van der Waals surface area (Å²) >= 11 is 0. The van der Waals surface area contributed by atoms with Gasteiger partial charge in [-0.15, -0.1) is 0 Å². The molecule has 0 bridgehead atoms. The molecule has 0 amide bonds. The number of aliphatic hydroxyl groups is 1. The molecule has 1 heterocycles. The first kappa shape index (κ1) is 19.3. The van der Waals surface area contributed by atoms with E-state index in [0.29, 0.717) is 17.9 Å². The van der Waals surface area contributed by atoms with Crippen LogP contribution in [0.5, 0.6) is 5.75 Å². The van der Waals surface area contributed by atoms with Gasteiger partial charge >= 0.3 is 0 Å². The average Bonchev–Trinajstić information content (AvgIpc) is 3.55. The minimum absolute atomic E-state index is 0.0693. The quantitative estimate of drug-likeness (QED) is 0.764. The molecule has 1 saturated heterocycles. The molecule has 2 saturated carbocycles. The Bertz CT molecular complexity index is 670. The van der Waals surface area contributed by atoms with Gasteiger partial charge in [-0.1, -0.05) is 13.0 Å². The van der Waals surface area contributed by atoms with E-state index < -0.39 is 0 Å². The average molecular weight is 372 g/mol. The van der Waals surface area contributed by atoms with Gasteiger partial charge in [0, 0.05) is 18.0 Å². The SMILES string of the molecule is COc1ccc(C)c(C2(CC(O)C3CC3C)CCN(CC3CC3)C(C)C2)c1. The second-order valence-electron chi connectivity index (χ2n) is 9.85. The lowest BCUT2D eigenvalue weighted by molar-refractivity contribution is 0.0463. The fourth-order valence-electron chi connectivity index (χ4n) is 5.56. The van der Waals surface area contributed by atoms with E-state index in [1.54, 1.807) is 7.11 Å². The summed E-state index contributed by atoms with van der Waals surface area (Å²) in [6.45, 7) is 9.33. The highest BCUT2D eigenvalue weighted by Gasteiger charge is 2.47. The van der Waals surface area contributed by atoms with E-state index >= 15 is 0 Å². The zero-order chi connectivity index (χ0) is 19.2. The maximum Gasteiger partial charge on any atom is 0.119 e. The van der Waals surface area contributed by atoms with Gasteiger partial charge in [-0.05, 0) is 99.9 Å². The molecule has 1 aromatic carbocycles. The van der Waals surface area contributed by atoms with Crippen molar-refractivity contribution >= 4 is 0 Å². The van der Waals surface area contributed by atoms with Crippen LogP contribution in [0.15, 0.2) is 18.2 Å². The van der Waals surface area contributed by atoms with Gasteiger partial charge in [-0.2, -0.15) is 0 Å². The molecule has 3 nitrogen and oxygen atoms in total. The van der Waals surface area contributed by atoms with Crippen LogP contribution >= 0.6 is 0 Å². The van der Waals surface area contributed by atoms with Gasteiger partial charge in [-0.25, -0.2) is 0 Å². The number of benzene rings is 1. The monoisotopic (exact) mass is 371 g/mol. The van der Waals surface area contributed by atoms with Gasteiger partial charge in [0.25, 0.3) is 0 Å². The maximum absolute atomic E-state index is 11.0. The third-order valence-corrected chi connectivity index (χ3v) is 7.66. The lowest BCUT2D eigenvalue weighted by atomic mass is 9.65. The minimum atomic E-state index is -0.173. The summed E-state index contributed by atoms with van der Waals surface area (Å²) in [4.78, 5) is 2.71. The van der Waals surface area contributed by atoms with Crippen molar-refractivity contribution in [2.45, 2.75) is 76.9 Å². The molecule has 0 radical (unpaired) electrons. The normalized spacial score (nSPS) is 35.1. The molecule has 3 heteroatoms. The first-order valence-electron chi connectivity index (χ1n) is 11.0. The highest BCUT2D eigenvalue weighted by molar-refractivity contribution is 5.41. The molecule has 3 fully saturated rings. The van der Waals surface area contributed by atoms with Crippen LogP contribution in [0.3, 0.4) is 0 Å². The third-order valence-electron chi connectivity index (χ3n) is 7.66. The summed E-state index contributed by atoms with van der Waals surface area (Å²) in [6.07, 6.45) is 7.05. The molecule has 0 spiro atoms. The number of hydrogen-bond donors (Lipinski definition) is 1. The lowest BCUT2D eigenvalue weighted by Gasteiger charge is -2.48. The van der Waals surface area contributed by atoms with Crippen molar-refractivity contribution in [3.8, 4) is 5.75 Å². The van der Waals surface area contributed by atoms with Crippen LogP contribution < -0.4 is 4.74 Å². The van der Waals surface area contributed by atoms with Crippen LogP contribution in [0.1, 0.15) is 63.5 Å². The van der Waals surface area contributed by atoms with Crippen molar-refractivity contribution < 1.29 is 9.84 Å². The summed E-state index contributed by atoms with van der Waals surface area (Å²) in [7, 11) is 1.75. The Labute approximate surface area is 165 Å². The smallest absolute Gasteiger partial charge is 0.119 e. The number of aliphatic hydroxyl groups excluding tert-OH is 1. The van der Waals surface area contributed by atoms with E-state index in [-0.39, 0.29) is 11.5 Å². The molecular weight excluding hydrogens is 334 g/mol. The summed E-state index contributed by atoms with van der Waals surface area (Å²) < 4.78 is 5.56. The predicted octanol–water partition coefficient (Wildman–Crippen LogP) is 4.54. The largest absolute Gasteiger partial charge is 0.497 e. The van der Waals surface area contributed by atoms with E-state index in [4.69, 9.17) is 4.74 Å². The van der Waals surface area contributed by atoms with Gasteiger partial charge in [-0.3, -0.25) is 0 Å². The number of hydrogen-bond acceptors (Lipinski definition) is 3. The van der Waals surface area contributed by atoms with E-state index in [1.807, 2.05) is 0 Å². The molecular formula is C24H37NO2. The van der Waals surface area contributed by atoms with Crippen LogP contribution in [0.4, 0.5) is 0 Å². The topological polar surface area (TPSA) is 32.7 Å². The standard InChI is InChI=1S/C24H37NO2/c1-16-5-8-20(27-4)12-22(16)24(14-23(26)21-11-17(21)2)9-10-25(18(3)13-24)15-19-6-7-19/h5,8,12,17-19,21,23,26H,6-7,9-11,13-15H2,1-4H3. The highest BCUT2D eigenvalue weighted by Crippen LogP contribution is 2.49. The molecule has 1 aromatic rings. The van der Waals surface area contributed by atoms with Crippen molar-refractivity contribution in [1.82, 2.24) is 4.90 Å². The Hall–Kier alpha value is -1.06. The molecule has 1 aliphatic heterocycles. The van der Waals surface area contributed by atoms with Gasteiger partial charge < -0.3 is 14.7 Å². The molecule has 27 heavy (non-hydrogen) atoms. The van der Waals surface area contributed by atoms with Gasteiger partial charge in [0.15, 0.2) is 0 Å². The fourth-order valence-corrected chi connectivity index (χ4v) is 5.56. The number of rotatable bonds is 7. The molecule has 5 atom stereocenters. The molecule has 2 aliphatic carbocycles. The van der Waals surface area contributed by atoms with Gasteiger partial charge in [0.1, 0.15) is 5.75 Å². The Balaban J connectivity index is 1.61. The predicted molar refractivity (Wildman–Crippen MR) is 110 cm³/mol. The third kappa shape index (κ3) is 4.05. The molecule has 150 valence electrons. The number of aryl methyl sites for hydroxylation is 1. The zero-order valence-corrected chi connectivity index (χ0v) is 17.6. The molecule has 1 N–H and O–H groups in total. The second kappa shape index (κ2) is 7.40. The van der Waals surface area contributed by atoms with E-state index in [1.165, 1.54) is 36.9 Å².